The van der Waals surface area contributed by atoms with Gasteiger partial charge in [-0.1, -0.05) is 6.07 Å². The van der Waals surface area contributed by atoms with E-state index in [0.717, 1.165) is 40.0 Å². The Labute approximate surface area is 187 Å². The number of carbonyl (C=O) groups excluding carboxylic acids is 1. The summed E-state index contributed by atoms with van der Waals surface area (Å²) >= 11 is 0. The highest BCUT2D eigenvalue weighted by molar-refractivity contribution is 7.92. The molecular weight excluding hydrogens is 428 g/mol. The molecule has 3 aromatic rings. The molecule has 1 aliphatic rings. The van der Waals surface area contributed by atoms with Crippen molar-refractivity contribution in [3.63, 3.8) is 0 Å². The molecule has 1 aliphatic heterocycles. The normalized spacial score (nSPS) is 12.9. The van der Waals surface area contributed by atoms with Crippen LogP contribution < -0.4 is 14.9 Å². The van der Waals surface area contributed by atoms with Crippen LogP contribution in [0.4, 0.5) is 23.1 Å². The molecule has 0 aliphatic carbocycles. The molecule has 0 saturated carbocycles. The number of carbonyl (C=O) groups is 1. The zero-order valence-electron chi connectivity index (χ0n) is 18.1. The summed E-state index contributed by atoms with van der Waals surface area (Å²) in [6, 6.07) is 9.42. The van der Waals surface area contributed by atoms with Crippen molar-refractivity contribution in [2.24, 2.45) is 0 Å². The molecule has 9 nitrogen and oxygen atoms in total. The van der Waals surface area contributed by atoms with Gasteiger partial charge in [-0.2, -0.15) is 0 Å². The average molecular weight is 453 g/mol. The van der Waals surface area contributed by atoms with E-state index in [2.05, 4.69) is 25.6 Å². The number of hydrogen-bond donors (Lipinski definition) is 2. The van der Waals surface area contributed by atoms with Crippen LogP contribution >= 0.6 is 0 Å². The number of sulfonamides is 1. The van der Waals surface area contributed by atoms with E-state index in [1.807, 2.05) is 37.3 Å². The third-order valence-electron chi connectivity index (χ3n) is 5.23. The van der Waals surface area contributed by atoms with Gasteiger partial charge in [-0.3, -0.25) is 9.10 Å². The summed E-state index contributed by atoms with van der Waals surface area (Å²) in [5, 5.41) is 6.00. The smallest absolute Gasteiger partial charge is 0.233 e. The second-order valence-corrected chi connectivity index (χ2v) is 9.83. The van der Waals surface area contributed by atoms with Crippen LogP contribution in [0.25, 0.3) is 0 Å². The molecule has 166 valence electrons. The Morgan fingerprint density at radius 3 is 2.75 bits per heavy atom. The Balaban J connectivity index is 1.49. The minimum atomic E-state index is -3.41. The minimum absolute atomic E-state index is 0.0121. The van der Waals surface area contributed by atoms with Gasteiger partial charge in [0, 0.05) is 36.5 Å². The Morgan fingerprint density at radius 1 is 1.16 bits per heavy atom. The molecule has 1 aromatic carbocycles. The summed E-state index contributed by atoms with van der Waals surface area (Å²) in [7, 11) is -1.91. The summed E-state index contributed by atoms with van der Waals surface area (Å²) < 4.78 is 25.2. The monoisotopic (exact) mass is 452 g/mol. The molecule has 0 spiro atoms. The predicted octanol–water partition coefficient (Wildman–Crippen LogP) is 2.60. The summed E-state index contributed by atoms with van der Waals surface area (Å²) in [4.78, 5) is 24.8. The Kier molecular flexibility index (Phi) is 5.79. The van der Waals surface area contributed by atoms with Gasteiger partial charge in [-0.05, 0) is 60.7 Å². The minimum Gasteiger partial charge on any atom is -0.326 e. The number of nitrogens with one attached hydrogen (secondary N) is 2. The quantitative estimate of drug-likeness (QED) is 0.566. The van der Waals surface area contributed by atoms with Crippen LogP contribution in [0.3, 0.4) is 0 Å². The van der Waals surface area contributed by atoms with Crippen LogP contribution in [0.15, 0.2) is 42.7 Å². The third kappa shape index (κ3) is 4.86. The van der Waals surface area contributed by atoms with Crippen LogP contribution in [0, 0.1) is 6.92 Å². The van der Waals surface area contributed by atoms with Crippen molar-refractivity contribution < 1.29 is 13.2 Å². The van der Waals surface area contributed by atoms with Gasteiger partial charge in [-0.25, -0.2) is 23.4 Å². The maximum Gasteiger partial charge on any atom is 0.233 e. The molecule has 0 saturated heterocycles. The fraction of sp³-hybridized carbons (Fsp3) is 0.273. The Hall–Kier alpha value is -3.53. The molecule has 32 heavy (non-hydrogen) atoms. The van der Waals surface area contributed by atoms with Crippen LogP contribution in [-0.2, 0) is 34.1 Å². The van der Waals surface area contributed by atoms with Gasteiger partial charge in [-0.15, -0.1) is 0 Å². The number of anilines is 4. The van der Waals surface area contributed by atoms with E-state index < -0.39 is 10.0 Å². The first kappa shape index (κ1) is 21.7. The van der Waals surface area contributed by atoms with Gasteiger partial charge in [0.2, 0.25) is 21.9 Å². The van der Waals surface area contributed by atoms with Crippen LogP contribution in [-0.4, -0.2) is 42.6 Å². The van der Waals surface area contributed by atoms with E-state index >= 15 is 0 Å². The SMILES string of the molecule is Cc1cnc(N(C)S(C)(=O)=O)c(CCc2ccnc(Nc3ccc4c(c3)CC(=O)N4)n2)c1. The van der Waals surface area contributed by atoms with Gasteiger partial charge in [0.1, 0.15) is 5.82 Å². The number of aryl methyl sites for hydroxylation is 3. The van der Waals surface area contributed by atoms with Gasteiger partial charge in [0.15, 0.2) is 0 Å². The highest BCUT2D eigenvalue weighted by Crippen LogP contribution is 2.27. The molecule has 0 radical (unpaired) electrons. The molecule has 2 aromatic heterocycles. The number of aromatic nitrogens is 3. The van der Waals surface area contributed by atoms with Gasteiger partial charge < -0.3 is 10.6 Å². The second-order valence-electron chi connectivity index (χ2n) is 7.82. The van der Waals surface area contributed by atoms with E-state index in [1.165, 1.54) is 11.4 Å². The average Bonchev–Trinajstić information content (AvgIpc) is 3.11. The molecule has 10 heteroatoms. The molecule has 0 bridgehead atoms. The lowest BCUT2D eigenvalue weighted by molar-refractivity contribution is -0.115. The fourth-order valence-corrected chi connectivity index (χ4v) is 4.02. The first-order valence-electron chi connectivity index (χ1n) is 10.1. The topological polar surface area (TPSA) is 117 Å². The van der Waals surface area contributed by atoms with Crippen molar-refractivity contribution in [2.45, 2.75) is 26.2 Å². The third-order valence-corrected chi connectivity index (χ3v) is 6.39. The van der Waals surface area contributed by atoms with E-state index in [-0.39, 0.29) is 5.91 Å². The summed E-state index contributed by atoms with van der Waals surface area (Å²) in [5.74, 6) is 0.865. The number of fused-ring (bicyclic) bond motifs is 1. The summed E-state index contributed by atoms with van der Waals surface area (Å²) in [6.45, 7) is 1.92. The van der Waals surface area contributed by atoms with Crippen molar-refractivity contribution in [1.29, 1.82) is 0 Å². The van der Waals surface area contributed by atoms with E-state index in [0.29, 0.717) is 31.0 Å². The number of rotatable bonds is 7. The lowest BCUT2D eigenvalue weighted by atomic mass is 10.1. The van der Waals surface area contributed by atoms with Crippen molar-refractivity contribution in [1.82, 2.24) is 15.0 Å². The van der Waals surface area contributed by atoms with Crippen LogP contribution in [0.1, 0.15) is 22.4 Å². The Morgan fingerprint density at radius 2 is 1.97 bits per heavy atom. The molecule has 1 amide bonds. The van der Waals surface area contributed by atoms with Crippen molar-refractivity contribution in [3.05, 3.63) is 65.1 Å². The van der Waals surface area contributed by atoms with Crippen LogP contribution in [0.5, 0.6) is 0 Å². The lowest BCUT2D eigenvalue weighted by Gasteiger charge is -2.19. The van der Waals surface area contributed by atoms with Crippen molar-refractivity contribution >= 4 is 39.1 Å². The number of pyridine rings is 1. The lowest BCUT2D eigenvalue weighted by Crippen LogP contribution is -2.27. The fourth-order valence-electron chi connectivity index (χ4n) is 3.54. The van der Waals surface area contributed by atoms with E-state index in [1.54, 1.807) is 12.4 Å². The van der Waals surface area contributed by atoms with Crippen LogP contribution in [0.2, 0.25) is 0 Å². The Bertz CT molecular complexity index is 1290. The van der Waals surface area contributed by atoms with Gasteiger partial charge in [0.25, 0.3) is 0 Å². The van der Waals surface area contributed by atoms with Crippen molar-refractivity contribution in [2.75, 3.05) is 28.2 Å². The van der Waals surface area contributed by atoms with Crippen molar-refractivity contribution in [3.8, 4) is 0 Å². The number of nitrogens with zero attached hydrogens (tertiary/aromatic N) is 4. The van der Waals surface area contributed by atoms with Gasteiger partial charge in [0.05, 0.1) is 12.7 Å². The zero-order valence-corrected chi connectivity index (χ0v) is 18.9. The summed E-state index contributed by atoms with van der Waals surface area (Å²) in [6.07, 6.45) is 6.03. The molecule has 4 rings (SSSR count). The maximum absolute atomic E-state index is 12.0. The molecule has 0 fully saturated rings. The van der Waals surface area contributed by atoms with E-state index in [9.17, 15) is 13.2 Å². The molecule has 3 heterocycles. The number of benzene rings is 1. The largest absolute Gasteiger partial charge is 0.326 e. The predicted molar refractivity (Wildman–Crippen MR) is 124 cm³/mol. The second kappa shape index (κ2) is 8.54. The highest BCUT2D eigenvalue weighted by atomic mass is 32.2. The summed E-state index contributed by atoms with van der Waals surface area (Å²) in [5.41, 5.74) is 5.18. The molecular formula is C22H24N6O3S. The standard InChI is InChI=1S/C22H24N6O3S/c1-14-10-15(21(24-13-14)28(2)32(3,30)31)4-5-17-8-9-23-22(25-17)26-18-6-7-19-16(11-18)12-20(29)27-19/h6-11,13H,4-5,12H2,1-3H3,(H,27,29)(H,23,25,26). The molecule has 2 N–H and O–H groups in total. The zero-order chi connectivity index (χ0) is 22.9. The molecule has 0 atom stereocenters. The first-order valence-corrected chi connectivity index (χ1v) is 11.9. The number of amides is 1. The first-order chi connectivity index (χ1) is 15.2. The highest BCUT2D eigenvalue weighted by Gasteiger charge is 2.19. The van der Waals surface area contributed by atoms with E-state index in [4.69, 9.17) is 0 Å². The molecule has 0 unspecified atom stereocenters. The van der Waals surface area contributed by atoms with Gasteiger partial charge >= 0.3 is 0 Å². The maximum atomic E-state index is 12.0. The number of hydrogen-bond acceptors (Lipinski definition) is 7.